The molecule has 0 radical (unpaired) electrons. The molecule has 148 valence electrons. The minimum absolute atomic E-state index is 0.103. The Labute approximate surface area is 174 Å². The van der Waals surface area contributed by atoms with Crippen molar-refractivity contribution in [2.75, 3.05) is 18.6 Å². The molecule has 1 unspecified atom stereocenters. The van der Waals surface area contributed by atoms with Gasteiger partial charge in [-0.3, -0.25) is 4.79 Å². The predicted molar refractivity (Wildman–Crippen MR) is 114 cm³/mol. The summed E-state index contributed by atoms with van der Waals surface area (Å²) in [6.45, 7) is 5.87. The van der Waals surface area contributed by atoms with Gasteiger partial charge in [0.15, 0.2) is 0 Å². The van der Waals surface area contributed by atoms with Crippen molar-refractivity contribution < 1.29 is 19.1 Å². The number of carbonyl (C=O) groups excluding carboxylic acids is 2. The van der Waals surface area contributed by atoms with Crippen LogP contribution >= 0.6 is 15.9 Å². The monoisotopic (exact) mass is 445 g/mol. The summed E-state index contributed by atoms with van der Waals surface area (Å²) >= 11 is 3.36. The van der Waals surface area contributed by atoms with Crippen molar-refractivity contribution in [3.8, 4) is 5.75 Å². The number of hydrogen-bond acceptors (Lipinski definition) is 4. The van der Waals surface area contributed by atoms with Crippen LogP contribution in [0.5, 0.6) is 5.75 Å². The van der Waals surface area contributed by atoms with Gasteiger partial charge in [-0.25, -0.2) is 4.79 Å². The molecule has 0 saturated carbocycles. The van der Waals surface area contributed by atoms with E-state index in [0.717, 1.165) is 5.56 Å². The second-order valence-electron chi connectivity index (χ2n) is 6.09. The number of ether oxygens (including phenoxy) is 2. The number of nitrogens with zero attached hydrogens (tertiary/aromatic N) is 1. The molecule has 2 rings (SSSR count). The number of esters is 1. The lowest BCUT2D eigenvalue weighted by atomic mass is 10.0. The Morgan fingerprint density at radius 1 is 1.14 bits per heavy atom. The van der Waals surface area contributed by atoms with Crippen LogP contribution in [-0.4, -0.2) is 29.9 Å². The first-order chi connectivity index (χ1) is 13.5. The van der Waals surface area contributed by atoms with Gasteiger partial charge in [-0.05, 0) is 36.8 Å². The maximum atomic E-state index is 13.5. The Morgan fingerprint density at radius 3 is 2.32 bits per heavy atom. The summed E-state index contributed by atoms with van der Waals surface area (Å²) in [5.74, 6) is -0.371. The largest absolute Gasteiger partial charge is 0.497 e. The first-order valence-electron chi connectivity index (χ1n) is 8.93. The molecule has 0 saturated heterocycles. The Hall–Kier alpha value is -2.60. The maximum Gasteiger partial charge on any atom is 0.332 e. The summed E-state index contributed by atoms with van der Waals surface area (Å²) in [7, 11) is 1.58. The third-order valence-corrected chi connectivity index (χ3v) is 5.16. The number of carbonyl (C=O) groups is 2. The Bertz CT molecular complexity index is 807. The molecule has 5 nitrogen and oxygen atoms in total. The van der Waals surface area contributed by atoms with Crippen molar-refractivity contribution >= 4 is 33.5 Å². The van der Waals surface area contributed by atoms with E-state index in [0.29, 0.717) is 18.0 Å². The topological polar surface area (TPSA) is 55.8 Å². The third kappa shape index (κ3) is 5.01. The predicted octanol–water partition coefficient (Wildman–Crippen LogP) is 4.50. The second-order valence-corrected chi connectivity index (χ2v) is 7.44. The van der Waals surface area contributed by atoms with Crippen LogP contribution in [0.2, 0.25) is 0 Å². The van der Waals surface area contributed by atoms with Crippen LogP contribution in [0.15, 0.2) is 67.3 Å². The second kappa shape index (κ2) is 10.1. The number of allylic oxidation sites excluding steroid dienone is 1. The summed E-state index contributed by atoms with van der Waals surface area (Å²) in [5.41, 5.74) is 1.58. The molecule has 0 bridgehead atoms. The van der Waals surface area contributed by atoms with Gasteiger partial charge >= 0.3 is 5.97 Å². The molecule has 0 fully saturated rings. The number of hydrogen-bond donors (Lipinski definition) is 0. The molecule has 0 aliphatic carbocycles. The zero-order chi connectivity index (χ0) is 20.6. The van der Waals surface area contributed by atoms with Gasteiger partial charge in [-0.2, -0.15) is 0 Å². The van der Waals surface area contributed by atoms with Gasteiger partial charge in [-0.15, -0.1) is 6.58 Å². The van der Waals surface area contributed by atoms with Crippen LogP contribution < -0.4 is 9.64 Å². The highest BCUT2D eigenvalue weighted by Crippen LogP contribution is 2.32. The molecule has 0 aliphatic heterocycles. The molecule has 1 atom stereocenters. The quantitative estimate of drug-likeness (QED) is 0.246. The molecule has 0 N–H and O–H groups in total. The zero-order valence-corrected chi connectivity index (χ0v) is 17.6. The molecule has 2 aromatic rings. The molecule has 0 aromatic heterocycles. The first-order valence-corrected chi connectivity index (χ1v) is 9.72. The van der Waals surface area contributed by atoms with E-state index in [1.165, 1.54) is 6.08 Å². The molecule has 1 amide bonds. The molecule has 0 heterocycles. The number of benzene rings is 2. The van der Waals surface area contributed by atoms with E-state index in [1.54, 1.807) is 43.2 Å². The summed E-state index contributed by atoms with van der Waals surface area (Å²) in [5, 5.41) is 0. The number of rotatable bonds is 9. The number of methoxy groups -OCH3 is 1. The van der Waals surface area contributed by atoms with E-state index in [1.807, 2.05) is 30.3 Å². The van der Waals surface area contributed by atoms with E-state index in [9.17, 15) is 9.59 Å². The van der Waals surface area contributed by atoms with Crippen molar-refractivity contribution in [3.05, 3.63) is 72.8 Å². The molecule has 0 aliphatic rings. The van der Waals surface area contributed by atoms with Gasteiger partial charge in [0.05, 0.1) is 20.3 Å². The molecule has 0 spiro atoms. The Morgan fingerprint density at radius 2 is 1.79 bits per heavy atom. The highest BCUT2D eigenvalue weighted by molar-refractivity contribution is 9.10. The highest BCUT2D eigenvalue weighted by atomic mass is 79.9. The zero-order valence-electron chi connectivity index (χ0n) is 16.1. The van der Waals surface area contributed by atoms with Crippen molar-refractivity contribution in [2.24, 2.45) is 0 Å². The highest BCUT2D eigenvalue weighted by Gasteiger charge is 2.46. The van der Waals surface area contributed by atoms with Gasteiger partial charge in [0.2, 0.25) is 4.32 Å². The minimum Gasteiger partial charge on any atom is -0.497 e. The van der Waals surface area contributed by atoms with Crippen LogP contribution in [-0.2, 0) is 20.9 Å². The standard InChI is InChI=1S/C22H24BrNO4/c1-4-15-22(23,21(26)28-5-2)20(25)24(16-17-9-7-6-8-10-17)18-11-13-19(27-3)14-12-18/h4,6-14H,1,5,15-16H2,2-3H3. The summed E-state index contributed by atoms with van der Waals surface area (Å²) in [6.07, 6.45) is 1.63. The number of amides is 1. The van der Waals surface area contributed by atoms with E-state index in [2.05, 4.69) is 22.5 Å². The number of alkyl halides is 1. The van der Waals surface area contributed by atoms with Crippen LogP contribution in [0.4, 0.5) is 5.69 Å². The van der Waals surface area contributed by atoms with E-state index >= 15 is 0 Å². The van der Waals surface area contributed by atoms with E-state index < -0.39 is 16.2 Å². The first kappa shape index (κ1) is 21.7. The third-order valence-electron chi connectivity index (χ3n) is 4.18. The summed E-state index contributed by atoms with van der Waals surface area (Å²) in [4.78, 5) is 27.7. The van der Waals surface area contributed by atoms with Crippen LogP contribution in [0.3, 0.4) is 0 Å². The van der Waals surface area contributed by atoms with Crippen LogP contribution in [0.25, 0.3) is 0 Å². The number of anilines is 1. The van der Waals surface area contributed by atoms with E-state index in [-0.39, 0.29) is 13.0 Å². The summed E-state index contributed by atoms with van der Waals surface area (Å²) in [6, 6.07) is 16.7. The van der Waals surface area contributed by atoms with Crippen molar-refractivity contribution in [3.63, 3.8) is 0 Å². The average Bonchev–Trinajstić information content (AvgIpc) is 2.72. The van der Waals surface area contributed by atoms with Gasteiger partial charge in [0.1, 0.15) is 5.75 Å². The molecule has 2 aromatic carbocycles. The van der Waals surface area contributed by atoms with Crippen LogP contribution in [0, 0.1) is 0 Å². The fourth-order valence-corrected chi connectivity index (χ4v) is 3.28. The molecular weight excluding hydrogens is 422 g/mol. The fraction of sp³-hybridized carbons (Fsp3) is 0.273. The fourth-order valence-electron chi connectivity index (χ4n) is 2.72. The van der Waals surface area contributed by atoms with Crippen molar-refractivity contribution in [1.29, 1.82) is 0 Å². The summed E-state index contributed by atoms with van der Waals surface area (Å²) < 4.78 is 8.81. The van der Waals surface area contributed by atoms with Gasteiger partial charge < -0.3 is 14.4 Å². The van der Waals surface area contributed by atoms with Gasteiger partial charge in [-0.1, -0.05) is 52.3 Å². The lowest BCUT2D eigenvalue weighted by Gasteiger charge is -2.31. The molecule has 28 heavy (non-hydrogen) atoms. The maximum absolute atomic E-state index is 13.5. The average molecular weight is 446 g/mol. The normalized spacial score (nSPS) is 12.5. The van der Waals surface area contributed by atoms with Gasteiger partial charge in [0, 0.05) is 12.1 Å². The van der Waals surface area contributed by atoms with Crippen molar-refractivity contribution in [2.45, 2.75) is 24.2 Å². The Kier molecular flexibility index (Phi) is 7.81. The van der Waals surface area contributed by atoms with E-state index in [4.69, 9.17) is 9.47 Å². The minimum atomic E-state index is -1.54. The van der Waals surface area contributed by atoms with Gasteiger partial charge in [0.25, 0.3) is 5.91 Å². The lowest BCUT2D eigenvalue weighted by molar-refractivity contribution is -0.148. The molecular formula is C22H24BrNO4. The number of halogens is 1. The van der Waals surface area contributed by atoms with Crippen LogP contribution in [0.1, 0.15) is 18.9 Å². The van der Waals surface area contributed by atoms with Crippen molar-refractivity contribution in [1.82, 2.24) is 0 Å². The SMILES string of the molecule is C=CCC(Br)(C(=O)OCC)C(=O)N(Cc1ccccc1)c1ccc(OC)cc1. The lowest BCUT2D eigenvalue weighted by Crippen LogP contribution is -2.50. The Balaban J connectivity index is 2.46. The smallest absolute Gasteiger partial charge is 0.332 e. The molecule has 6 heteroatoms.